The highest BCUT2D eigenvalue weighted by molar-refractivity contribution is 6.34. The summed E-state index contributed by atoms with van der Waals surface area (Å²) in [6.07, 6.45) is 3.35. The number of hydrogen-bond acceptors (Lipinski definition) is 5. The Morgan fingerprint density at radius 3 is 2.68 bits per heavy atom. The molecule has 0 aliphatic carbocycles. The third-order valence-electron chi connectivity index (χ3n) is 3.80. The van der Waals surface area contributed by atoms with Crippen LogP contribution in [0.5, 0.6) is 0 Å². The van der Waals surface area contributed by atoms with E-state index in [2.05, 4.69) is 15.3 Å². The Hall–Kier alpha value is -2.74. The normalized spacial score (nSPS) is 13.8. The summed E-state index contributed by atoms with van der Waals surface area (Å²) in [5.41, 5.74) is -0.510. The Morgan fingerprint density at radius 1 is 1.28 bits per heavy atom. The number of nitrogens with zero attached hydrogens (tertiary/aromatic N) is 3. The fourth-order valence-electron chi connectivity index (χ4n) is 2.52. The maximum absolute atomic E-state index is 13.9. The number of nitrogens with one attached hydrogen (secondary N) is 1. The number of rotatable bonds is 4. The van der Waals surface area contributed by atoms with Gasteiger partial charge in [0, 0.05) is 13.1 Å². The lowest BCUT2D eigenvalue weighted by atomic mass is 10.2. The molecule has 1 amide bonds. The maximum Gasteiger partial charge on any atom is 0.335 e. The lowest BCUT2D eigenvalue weighted by Crippen LogP contribution is -2.23. The molecule has 130 valence electrons. The molecule has 0 bridgehead atoms. The predicted octanol–water partition coefficient (Wildman–Crippen LogP) is 2.82. The number of amides is 1. The SMILES string of the molecule is O=C(O)c1ccc(F)c(NC(=O)c2nc(N3CCCC3)ncc2Cl)c1. The van der Waals surface area contributed by atoms with E-state index in [9.17, 15) is 14.0 Å². The van der Waals surface area contributed by atoms with Gasteiger partial charge < -0.3 is 15.3 Å². The first-order chi connectivity index (χ1) is 12.0. The van der Waals surface area contributed by atoms with Crippen molar-refractivity contribution in [3.8, 4) is 0 Å². The van der Waals surface area contributed by atoms with Crippen LogP contribution in [0, 0.1) is 5.82 Å². The lowest BCUT2D eigenvalue weighted by Gasteiger charge is -2.16. The third kappa shape index (κ3) is 3.69. The van der Waals surface area contributed by atoms with Crippen molar-refractivity contribution in [2.45, 2.75) is 12.8 Å². The fraction of sp³-hybridized carbons (Fsp3) is 0.250. The number of carboxylic acids is 1. The van der Waals surface area contributed by atoms with Crippen LogP contribution in [-0.2, 0) is 0 Å². The van der Waals surface area contributed by atoms with Gasteiger partial charge in [0.15, 0.2) is 5.69 Å². The van der Waals surface area contributed by atoms with Crippen LogP contribution in [0.25, 0.3) is 0 Å². The highest BCUT2D eigenvalue weighted by atomic mass is 35.5. The average molecular weight is 365 g/mol. The van der Waals surface area contributed by atoms with Gasteiger partial charge in [-0.2, -0.15) is 0 Å². The van der Waals surface area contributed by atoms with Gasteiger partial charge in [0.05, 0.1) is 22.5 Å². The summed E-state index contributed by atoms with van der Waals surface area (Å²) in [6, 6.07) is 3.11. The van der Waals surface area contributed by atoms with Gasteiger partial charge in [-0.3, -0.25) is 4.79 Å². The minimum atomic E-state index is -1.23. The zero-order valence-electron chi connectivity index (χ0n) is 13.0. The summed E-state index contributed by atoms with van der Waals surface area (Å²) in [4.78, 5) is 33.6. The fourth-order valence-corrected chi connectivity index (χ4v) is 2.70. The Kier molecular flexibility index (Phi) is 4.80. The van der Waals surface area contributed by atoms with Gasteiger partial charge in [0.1, 0.15) is 5.82 Å². The van der Waals surface area contributed by atoms with E-state index in [1.54, 1.807) is 0 Å². The summed E-state index contributed by atoms with van der Waals surface area (Å²) in [6.45, 7) is 1.58. The molecule has 1 aliphatic rings. The van der Waals surface area contributed by atoms with Crippen molar-refractivity contribution in [1.29, 1.82) is 0 Å². The molecule has 1 fully saturated rings. The Morgan fingerprint density at radius 2 is 2.00 bits per heavy atom. The van der Waals surface area contributed by atoms with E-state index in [-0.39, 0.29) is 22.0 Å². The monoisotopic (exact) mass is 364 g/mol. The second-order valence-corrected chi connectivity index (χ2v) is 5.92. The number of carbonyl (C=O) groups excluding carboxylic acids is 1. The highest BCUT2D eigenvalue weighted by Gasteiger charge is 2.20. The van der Waals surface area contributed by atoms with Crippen molar-refractivity contribution in [2.75, 3.05) is 23.3 Å². The second-order valence-electron chi connectivity index (χ2n) is 5.51. The summed E-state index contributed by atoms with van der Waals surface area (Å²) in [7, 11) is 0. The summed E-state index contributed by atoms with van der Waals surface area (Å²) in [5.74, 6) is -2.35. The molecule has 2 heterocycles. The highest BCUT2D eigenvalue weighted by Crippen LogP contribution is 2.22. The number of benzene rings is 1. The van der Waals surface area contributed by atoms with Crippen molar-refractivity contribution in [3.05, 3.63) is 46.5 Å². The van der Waals surface area contributed by atoms with Gasteiger partial charge in [-0.1, -0.05) is 11.6 Å². The van der Waals surface area contributed by atoms with E-state index in [4.69, 9.17) is 16.7 Å². The third-order valence-corrected chi connectivity index (χ3v) is 4.07. The first kappa shape index (κ1) is 17.1. The van der Waals surface area contributed by atoms with E-state index in [1.165, 1.54) is 6.20 Å². The molecule has 1 saturated heterocycles. The van der Waals surface area contributed by atoms with Crippen LogP contribution in [0.2, 0.25) is 5.02 Å². The topological polar surface area (TPSA) is 95.4 Å². The molecule has 1 aliphatic heterocycles. The molecular weight excluding hydrogens is 351 g/mol. The quantitative estimate of drug-likeness (QED) is 0.866. The zero-order valence-corrected chi connectivity index (χ0v) is 13.8. The zero-order chi connectivity index (χ0) is 18.0. The van der Waals surface area contributed by atoms with E-state index >= 15 is 0 Å². The van der Waals surface area contributed by atoms with Gasteiger partial charge >= 0.3 is 5.97 Å². The summed E-state index contributed by atoms with van der Waals surface area (Å²) < 4.78 is 13.9. The minimum absolute atomic E-state index is 0.0234. The van der Waals surface area contributed by atoms with E-state index in [0.717, 1.165) is 44.1 Å². The minimum Gasteiger partial charge on any atom is -0.478 e. The van der Waals surface area contributed by atoms with Gasteiger partial charge in [0.2, 0.25) is 5.95 Å². The molecule has 3 rings (SSSR count). The van der Waals surface area contributed by atoms with Crippen LogP contribution in [0.4, 0.5) is 16.0 Å². The Labute approximate surface area is 147 Å². The molecule has 25 heavy (non-hydrogen) atoms. The van der Waals surface area contributed by atoms with Crippen LogP contribution in [0.15, 0.2) is 24.4 Å². The maximum atomic E-state index is 13.9. The van der Waals surface area contributed by atoms with Gasteiger partial charge in [-0.25, -0.2) is 19.2 Å². The molecular formula is C16H14ClFN4O3. The van der Waals surface area contributed by atoms with Crippen molar-refractivity contribution in [3.63, 3.8) is 0 Å². The van der Waals surface area contributed by atoms with Crippen molar-refractivity contribution in [2.24, 2.45) is 0 Å². The standard InChI is InChI=1S/C16H14ClFN4O3/c17-10-8-19-16(22-5-1-2-6-22)21-13(10)14(23)20-12-7-9(15(24)25)3-4-11(12)18/h3-4,7-8H,1-2,5-6H2,(H,20,23)(H,24,25). The van der Waals surface area contributed by atoms with E-state index in [1.807, 2.05) is 4.90 Å². The molecule has 1 aromatic carbocycles. The molecule has 0 unspecified atom stereocenters. The average Bonchev–Trinajstić information content (AvgIpc) is 3.11. The van der Waals surface area contributed by atoms with E-state index < -0.39 is 17.7 Å². The van der Waals surface area contributed by atoms with Crippen LogP contribution in [-0.4, -0.2) is 40.0 Å². The summed E-state index contributed by atoms with van der Waals surface area (Å²) in [5, 5.41) is 11.3. The van der Waals surface area contributed by atoms with Crippen molar-refractivity contribution >= 4 is 35.1 Å². The van der Waals surface area contributed by atoms with Gasteiger partial charge in [-0.05, 0) is 31.0 Å². The first-order valence-corrected chi connectivity index (χ1v) is 7.95. The largest absolute Gasteiger partial charge is 0.478 e. The number of anilines is 2. The molecule has 0 atom stereocenters. The van der Waals surface area contributed by atoms with Crippen molar-refractivity contribution in [1.82, 2.24) is 9.97 Å². The van der Waals surface area contributed by atoms with Gasteiger partial charge in [-0.15, -0.1) is 0 Å². The van der Waals surface area contributed by atoms with Crippen molar-refractivity contribution < 1.29 is 19.1 Å². The summed E-state index contributed by atoms with van der Waals surface area (Å²) >= 11 is 5.99. The molecule has 9 heteroatoms. The molecule has 0 spiro atoms. The molecule has 0 saturated carbocycles. The molecule has 2 N–H and O–H groups in total. The van der Waals surface area contributed by atoms with E-state index in [0.29, 0.717) is 5.95 Å². The Bertz CT molecular complexity index is 840. The second kappa shape index (κ2) is 7.02. The number of aromatic nitrogens is 2. The molecule has 2 aromatic rings. The molecule has 1 aromatic heterocycles. The smallest absolute Gasteiger partial charge is 0.335 e. The van der Waals surface area contributed by atoms with Crippen LogP contribution in [0.3, 0.4) is 0 Å². The van der Waals surface area contributed by atoms with Crippen LogP contribution < -0.4 is 10.2 Å². The lowest BCUT2D eigenvalue weighted by molar-refractivity contribution is 0.0696. The van der Waals surface area contributed by atoms with Crippen LogP contribution >= 0.6 is 11.6 Å². The van der Waals surface area contributed by atoms with Gasteiger partial charge in [0.25, 0.3) is 5.91 Å². The van der Waals surface area contributed by atoms with Crippen LogP contribution in [0.1, 0.15) is 33.7 Å². The molecule has 7 nitrogen and oxygen atoms in total. The number of hydrogen-bond donors (Lipinski definition) is 2. The number of carbonyl (C=O) groups is 2. The number of aromatic carboxylic acids is 1. The predicted molar refractivity (Wildman–Crippen MR) is 89.8 cm³/mol. The Balaban J connectivity index is 1.87. The number of halogens is 2. The molecule has 0 radical (unpaired) electrons. The first-order valence-electron chi connectivity index (χ1n) is 7.57. The number of carboxylic acid groups (broad SMARTS) is 1.